The van der Waals surface area contributed by atoms with Gasteiger partial charge in [-0.15, -0.1) is 11.3 Å². The average Bonchev–Trinajstić information content (AvgIpc) is 2.91. The van der Waals surface area contributed by atoms with Crippen molar-refractivity contribution in [1.82, 2.24) is 10.2 Å². The fraction of sp³-hybridized carbons (Fsp3) is 0.462. The summed E-state index contributed by atoms with van der Waals surface area (Å²) in [6, 6.07) is 3.89. The van der Waals surface area contributed by atoms with Crippen LogP contribution >= 0.6 is 11.3 Å². The lowest BCUT2D eigenvalue weighted by Gasteiger charge is -2.26. The number of nitrogens with zero attached hydrogens (tertiary/aromatic N) is 1. The van der Waals surface area contributed by atoms with E-state index in [1.54, 1.807) is 16.2 Å². The molecule has 1 aliphatic heterocycles. The Labute approximate surface area is 116 Å². The molecule has 1 aliphatic rings. The van der Waals surface area contributed by atoms with Crippen LogP contribution in [-0.2, 0) is 11.3 Å². The molecule has 0 bridgehead atoms. The van der Waals surface area contributed by atoms with Gasteiger partial charge in [0.15, 0.2) is 0 Å². The highest BCUT2D eigenvalue weighted by Gasteiger charge is 2.16. The van der Waals surface area contributed by atoms with Gasteiger partial charge in [0, 0.05) is 18.0 Å². The molecule has 0 atom stereocenters. The average molecular weight is 279 g/mol. The second kappa shape index (κ2) is 7.14. The highest BCUT2D eigenvalue weighted by Crippen LogP contribution is 2.15. The van der Waals surface area contributed by atoms with Crippen molar-refractivity contribution in [3.05, 3.63) is 21.9 Å². The molecule has 5 nitrogen and oxygen atoms in total. The van der Waals surface area contributed by atoms with Crippen LogP contribution in [0.1, 0.15) is 9.75 Å². The van der Waals surface area contributed by atoms with Crippen LogP contribution in [0.25, 0.3) is 0 Å². The fourth-order valence-corrected chi connectivity index (χ4v) is 2.54. The maximum Gasteiger partial charge on any atom is 0.317 e. The van der Waals surface area contributed by atoms with Gasteiger partial charge >= 0.3 is 6.03 Å². The van der Waals surface area contributed by atoms with Gasteiger partial charge in [0.2, 0.25) is 0 Å². The molecule has 2 amide bonds. The molecular weight excluding hydrogens is 262 g/mol. The zero-order valence-electron chi connectivity index (χ0n) is 10.6. The molecular formula is C13H17N3O2S. The Morgan fingerprint density at radius 2 is 2.26 bits per heavy atom. The minimum atomic E-state index is -0.0358. The van der Waals surface area contributed by atoms with Crippen molar-refractivity contribution in [3.63, 3.8) is 0 Å². The Kier molecular flexibility index (Phi) is 5.21. The van der Waals surface area contributed by atoms with Crippen LogP contribution in [0.15, 0.2) is 12.1 Å². The Bertz CT molecular complexity index is 484. The molecule has 3 N–H and O–H groups in total. The number of nitrogens with one attached hydrogen (secondary N) is 1. The van der Waals surface area contributed by atoms with Gasteiger partial charge in [0.05, 0.1) is 31.2 Å². The van der Waals surface area contributed by atoms with E-state index in [0.29, 0.717) is 39.4 Å². The Hall–Kier alpha value is -1.55. The quantitative estimate of drug-likeness (QED) is 0.779. The van der Waals surface area contributed by atoms with Crippen molar-refractivity contribution >= 4 is 17.4 Å². The summed E-state index contributed by atoms with van der Waals surface area (Å²) in [5.74, 6) is 5.79. The van der Waals surface area contributed by atoms with Gasteiger partial charge in [-0.25, -0.2) is 4.79 Å². The molecule has 1 aromatic heterocycles. The lowest BCUT2D eigenvalue weighted by Crippen LogP contribution is -2.45. The van der Waals surface area contributed by atoms with E-state index in [0.717, 1.165) is 9.75 Å². The Morgan fingerprint density at radius 1 is 1.47 bits per heavy atom. The van der Waals surface area contributed by atoms with E-state index >= 15 is 0 Å². The smallest absolute Gasteiger partial charge is 0.317 e. The van der Waals surface area contributed by atoms with Crippen molar-refractivity contribution in [2.45, 2.75) is 6.54 Å². The molecule has 2 rings (SSSR count). The Morgan fingerprint density at radius 3 is 3.00 bits per heavy atom. The number of rotatable bonds is 2. The summed E-state index contributed by atoms with van der Waals surface area (Å²) in [5.41, 5.74) is 5.32. The summed E-state index contributed by atoms with van der Waals surface area (Å²) in [6.45, 7) is 3.44. The first-order valence-electron chi connectivity index (χ1n) is 6.18. The topological polar surface area (TPSA) is 67.6 Å². The zero-order chi connectivity index (χ0) is 13.5. The summed E-state index contributed by atoms with van der Waals surface area (Å²) in [5, 5.41) is 2.91. The number of urea groups is 1. The first-order valence-corrected chi connectivity index (χ1v) is 6.99. The minimum Gasteiger partial charge on any atom is -0.378 e. The van der Waals surface area contributed by atoms with Crippen molar-refractivity contribution < 1.29 is 9.53 Å². The monoisotopic (exact) mass is 279 g/mol. The van der Waals surface area contributed by atoms with Crippen molar-refractivity contribution in [2.75, 3.05) is 32.8 Å². The molecule has 0 unspecified atom stereocenters. The van der Waals surface area contributed by atoms with Crippen LogP contribution in [0, 0.1) is 11.8 Å². The van der Waals surface area contributed by atoms with Crippen LogP contribution < -0.4 is 11.1 Å². The fourth-order valence-electron chi connectivity index (χ4n) is 1.72. The van der Waals surface area contributed by atoms with Gasteiger partial charge in [-0.05, 0) is 12.1 Å². The van der Waals surface area contributed by atoms with Crippen LogP contribution in [0.4, 0.5) is 4.79 Å². The summed E-state index contributed by atoms with van der Waals surface area (Å²) < 4.78 is 5.21. The molecule has 1 aromatic rings. The molecule has 1 fully saturated rings. The first kappa shape index (κ1) is 13.9. The number of thiophene rings is 1. The number of hydrogen-bond acceptors (Lipinski definition) is 4. The largest absolute Gasteiger partial charge is 0.378 e. The van der Waals surface area contributed by atoms with Gasteiger partial charge in [-0.3, -0.25) is 0 Å². The normalized spacial score (nSPS) is 14.7. The molecule has 0 radical (unpaired) electrons. The highest BCUT2D eigenvalue weighted by atomic mass is 32.1. The lowest BCUT2D eigenvalue weighted by atomic mass is 10.4. The summed E-state index contributed by atoms with van der Waals surface area (Å²) in [7, 11) is 0. The number of ether oxygens (including phenoxy) is 1. The van der Waals surface area contributed by atoms with Gasteiger partial charge in [0.1, 0.15) is 0 Å². The number of nitrogens with two attached hydrogens (primary N) is 1. The van der Waals surface area contributed by atoms with E-state index in [1.807, 2.05) is 12.1 Å². The molecule has 0 spiro atoms. The highest BCUT2D eigenvalue weighted by molar-refractivity contribution is 7.12. The second-order valence-corrected chi connectivity index (χ2v) is 5.20. The van der Waals surface area contributed by atoms with Crippen LogP contribution in [0.5, 0.6) is 0 Å². The lowest BCUT2D eigenvalue weighted by molar-refractivity contribution is 0.0531. The van der Waals surface area contributed by atoms with Gasteiger partial charge in [0.25, 0.3) is 0 Å². The molecule has 0 aliphatic carbocycles. The van der Waals surface area contributed by atoms with Crippen LogP contribution in [-0.4, -0.2) is 43.8 Å². The van der Waals surface area contributed by atoms with Gasteiger partial charge in [-0.2, -0.15) is 0 Å². The van der Waals surface area contributed by atoms with Crippen molar-refractivity contribution in [2.24, 2.45) is 5.73 Å². The molecule has 2 heterocycles. The second-order valence-electron chi connectivity index (χ2n) is 4.03. The van der Waals surface area contributed by atoms with E-state index in [4.69, 9.17) is 10.5 Å². The number of morpholine rings is 1. The van der Waals surface area contributed by atoms with E-state index in [-0.39, 0.29) is 6.03 Å². The van der Waals surface area contributed by atoms with Gasteiger partial charge < -0.3 is 20.7 Å². The van der Waals surface area contributed by atoms with E-state index in [1.165, 1.54) is 0 Å². The number of amides is 2. The van der Waals surface area contributed by atoms with Crippen molar-refractivity contribution in [3.8, 4) is 11.8 Å². The van der Waals surface area contributed by atoms with Crippen LogP contribution in [0.3, 0.4) is 0 Å². The third-order valence-electron chi connectivity index (χ3n) is 2.69. The summed E-state index contributed by atoms with van der Waals surface area (Å²) >= 11 is 1.57. The molecule has 19 heavy (non-hydrogen) atoms. The Balaban J connectivity index is 1.81. The predicted octanol–water partition coefficient (Wildman–Crippen LogP) is 0.600. The third kappa shape index (κ3) is 4.24. The standard InChI is InChI=1S/C13H17N3O2S/c14-5-1-2-11-3-4-12(19-11)10-15-13(17)16-6-8-18-9-7-16/h3-4H,5-10,14H2,(H,15,17). The number of carbonyl (C=O) groups is 1. The maximum absolute atomic E-state index is 11.9. The maximum atomic E-state index is 11.9. The zero-order valence-corrected chi connectivity index (χ0v) is 11.5. The first-order chi connectivity index (χ1) is 9.29. The van der Waals surface area contributed by atoms with E-state index < -0.39 is 0 Å². The summed E-state index contributed by atoms with van der Waals surface area (Å²) in [4.78, 5) is 15.7. The SMILES string of the molecule is NCC#Cc1ccc(CNC(=O)N2CCOCC2)s1. The molecule has 102 valence electrons. The van der Waals surface area contributed by atoms with Crippen molar-refractivity contribution in [1.29, 1.82) is 0 Å². The molecule has 6 heteroatoms. The third-order valence-corrected chi connectivity index (χ3v) is 3.69. The van der Waals surface area contributed by atoms with E-state index in [9.17, 15) is 4.79 Å². The molecule has 0 aromatic carbocycles. The predicted molar refractivity (Wildman–Crippen MR) is 74.9 cm³/mol. The van der Waals surface area contributed by atoms with Crippen LogP contribution in [0.2, 0.25) is 0 Å². The summed E-state index contributed by atoms with van der Waals surface area (Å²) in [6.07, 6.45) is 0. The number of hydrogen-bond donors (Lipinski definition) is 2. The van der Waals surface area contributed by atoms with E-state index in [2.05, 4.69) is 17.2 Å². The van der Waals surface area contributed by atoms with Gasteiger partial charge in [-0.1, -0.05) is 11.8 Å². The number of carbonyl (C=O) groups excluding carboxylic acids is 1. The molecule has 0 saturated carbocycles. The molecule has 1 saturated heterocycles. The minimum absolute atomic E-state index is 0.0358.